The topological polar surface area (TPSA) is 90.3 Å². The summed E-state index contributed by atoms with van der Waals surface area (Å²) in [7, 11) is 1.82. The molecule has 1 atom stereocenters. The van der Waals surface area contributed by atoms with E-state index in [-0.39, 0.29) is 18.9 Å². The number of amides is 2. The summed E-state index contributed by atoms with van der Waals surface area (Å²) in [6.45, 7) is 2.04. The highest BCUT2D eigenvalue weighted by molar-refractivity contribution is 5.89. The van der Waals surface area contributed by atoms with Crippen LogP contribution in [0.3, 0.4) is 0 Å². The molecular formula is C13H15N5O3. The van der Waals surface area contributed by atoms with Crippen LogP contribution in [0.5, 0.6) is 11.5 Å². The quantitative estimate of drug-likeness (QED) is 0.892. The molecule has 0 saturated heterocycles. The van der Waals surface area contributed by atoms with E-state index in [4.69, 9.17) is 9.47 Å². The van der Waals surface area contributed by atoms with Gasteiger partial charge in [-0.15, -0.1) is 10.2 Å². The minimum atomic E-state index is -0.329. The van der Waals surface area contributed by atoms with Crippen molar-refractivity contribution >= 4 is 11.7 Å². The zero-order valence-corrected chi connectivity index (χ0v) is 11.7. The minimum Gasteiger partial charge on any atom is -0.454 e. The third-order valence-corrected chi connectivity index (χ3v) is 3.11. The number of nitrogens with one attached hydrogen (secondary N) is 2. The average Bonchev–Trinajstić information content (AvgIpc) is 3.06. The molecule has 0 aliphatic carbocycles. The first-order chi connectivity index (χ1) is 10.1. The lowest BCUT2D eigenvalue weighted by molar-refractivity contribution is 0.174. The first-order valence-electron chi connectivity index (χ1n) is 6.44. The second kappa shape index (κ2) is 5.31. The maximum Gasteiger partial charge on any atom is 0.319 e. The van der Waals surface area contributed by atoms with Gasteiger partial charge in [-0.3, -0.25) is 0 Å². The van der Waals surface area contributed by atoms with E-state index in [1.165, 1.54) is 0 Å². The van der Waals surface area contributed by atoms with Gasteiger partial charge in [0.1, 0.15) is 6.33 Å². The monoisotopic (exact) mass is 289 g/mol. The van der Waals surface area contributed by atoms with E-state index in [0.29, 0.717) is 23.0 Å². The van der Waals surface area contributed by atoms with Crippen molar-refractivity contribution in [2.75, 3.05) is 12.1 Å². The second-order valence-electron chi connectivity index (χ2n) is 4.69. The van der Waals surface area contributed by atoms with Gasteiger partial charge in [0, 0.05) is 18.8 Å². The Bertz CT molecular complexity index is 670. The number of aromatic nitrogens is 3. The maximum absolute atomic E-state index is 12.0. The van der Waals surface area contributed by atoms with Crippen LogP contribution in [-0.2, 0) is 7.05 Å². The number of anilines is 1. The van der Waals surface area contributed by atoms with Gasteiger partial charge >= 0.3 is 6.03 Å². The van der Waals surface area contributed by atoms with Gasteiger partial charge < -0.3 is 24.7 Å². The largest absolute Gasteiger partial charge is 0.454 e. The fraction of sp³-hybridized carbons (Fsp3) is 0.308. The van der Waals surface area contributed by atoms with Gasteiger partial charge in [-0.25, -0.2) is 4.79 Å². The summed E-state index contributed by atoms with van der Waals surface area (Å²) >= 11 is 0. The maximum atomic E-state index is 12.0. The number of hydrogen-bond donors (Lipinski definition) is 2. The second-order valence-corrected chi connectivity index (χ2v) is 4.69. The highest BCUT2D eigenvalue weighted by Crippen LogP contribution is 2.34. The number of benzene rings is 1. The van der Waals surface area contributed by atoms with Gasteiger partial charge in [0.25, 0.3) is 0 Å². The molecule has 8 heteroatoms. The molecule has 0 saturated carbocycles. The standard InChI is InChI=1S/C13H15N5O3/c1-8(12-17-14-6-18(12)2)15-13(19)16-9-3-4-10-11(5-9)21-7-20-10/h3-6,8H,7H2,1-2H3,(H2,15,16,19)/t8-/m1/s1. The van der Waals surface area contributed by atoms with Crippen LogP contribution in [0.1, 0.15) is 18.8 Å². The summed E-state index contributed by atoms with van der Waals surface area (Å²) < 4.78 is 12.2. The molecule has 2 aromatic rings. The van der Waals surface area contributed by atoms with E-state index in [1.54, 1.807) is 29.1 Å². The Hall–Kier alpha value is -2.77. The number of fused-ring (bicyclic) bond motifs is 1. The molecule has 1 aliphatic heterocycles. The van der Waals surface area contributed by atoms with Crippen molar-refractivity contribution in [3.8, 4) is 11.5 Å². The molecule has 8 nitrogen and oxygen atoms in total. The number of carbonyl (C=O) groups is 1. The molecule has 1 aromatic heterocycles. The number of rotatable bonds is 3. The molecule has 0 fully saturated rings. The Balaban J connectivity index is 1.63. The van der Waals surface area contributed by atoms with Crippen molar-refractivity contribution in [1.29, 1.82) is 0 Å². The van der Waals surface area contributed by atoms with E-state index >= 15 is 0 Å². The van der Waals surface area contributed by atoms with E-state index in [2.05, 4.69) is 20.8 Å². The summed E-state index contributed by atoms with van der Waals surface area (Å²) in [6, 6.07) is 4.63. The third kappa shape index (κ3) is 2.73. The van der Waals surface area contributed by atoms with Gasteiger partial charge in [0.2, 0.25) is 6.79 Å². The number of aryl methyl sites for hydroxylation is 1. The van der Waals surface area contributed by atoms with Crippen molar-refractivity contribution in [1.82, 2.24) is 20.1 Å². The fourth-order valence-electron chi connectivity index (χ4n) is 2.09. The number of nitrogens with zero attached hydrogens (tertiary/aromatic N) is 3. The van der Waals surface area contributed by atoms with Crippen LogP contribution in [0, 0.1) is 0 Å². The number of carbonyl (C=O) groups excluding carboxylic acids is 1. The fourth-order valence-corrected chi connectivity index (χ4v) is 2.09. The molecule has 1 aliphatic rings. The van der Waals surface area contributed by atoms with Crippen molar-refractivity contribution < 1.29 is 14.3 Å². The van der Waals surface area contributed by atoms with Gasteiger partial charge in [-0.1, -0.05) is 0 Å². The summed E-state index contributed by atoms with van der Waals surface area (Å²) in [5.41, 5.74) is 0.627. The smallest absolute Gasteiger partial charge is 0.319 e. The molecule has 0 spiro atoms. The minimum absolute atomic E-state index is 0.203. The van der Waals surface area contributed by atoms with Crippen LogP contribution in [0.15, 0.2) is 24.5 Å². The van der Waals surface area contributed by atoms with Crippen molar-refractivity contribution in [3.05, 3.63) is 30.4 Å². The first-order valence-corrected chi connectivity index (χ1v) is 6.44. The molecule has 0 radical (unpaired) electrons. The lowest BCUT2D eigenvalue weighted by Gasteiger charge is -2.14. The Labute approximate surface area is 121 Å². The SMILES string of the molecule is C[C@@H](NC(=O)Nc1ccc2c(c1)OCO2)c1nncn1C. The first kappa shape index (κ1) is 13.2. The van der Waals surface area contributed by atoms with Gasteiger partial charge in [-0.05, 0) is 19.1 Å². The Morgan fingerprint density at radius 2 is 2.19 bits per heavy atom. The van der Waals surface area contributed by atoms with Crippen LogP contribution in [0.2, 0.25) is 0 Å². The molecule has 2 N–H and O–H groups in total. The number of ether oxygens (including phenoxy) is 2. The van der Waals surface area contributed by atoms with E-state index in [9.17, 15) is 4.79 Å². The number of urea groups is 1. The van der Waals surface area contributed by atoms with Crippen LogP contribution in [-0.4, -0.2) is 27.6 Å². The lowest BCUT2D eigenvalue weighted by atomic mass is 10.3. The summed E-state index contributed by atoms with van der Waals surface area (Å²) in [5, 5.41) is 13.3. The summed E-state index contributed by atoms with van der Waals surface area (Å²) in [5.74, 6) is 1.97. The van der Waals surface area contributed by atoms with E-state index in [0.717, 1.165) is 0 Å². The Morgan fingerprint density at radius 3 is 2.95 bits per heavy atom. The normalized spacial score (nSPS) is 13.8. The molecule has 2 heterocycles. The van der Waals surface area contributed by atoms with Crippen molar-refractivity contribution in [3.63, 3.8) is 0 Å². The van der Waals surface area contributed by atoms with Gasteiger partial charge in [-0.2, -0.15) is 0 Å². The van der Waals surface area contributed by atoms with Crippen LogP contribution in [0.4, 0.5) is 10.5 Å². The Kier molecular flexibility index (Phi) is 3.35. The van der Waals surface area contributed by atoms with Crippen LogP contribution >= 0.6 is 0 Å². The zero-order valence-electron chi connectivity index (χ0n) is 11.7. The molecule has 1 aromatic carbocycles. The Morgan fingerprint density at radius 1 is 1.38 bits per heavy atom. The third-order valence-electron chi connectivity index (χ3n) is 3.11. The molecule has 2 amide bonds. The summed E-state index contributed by atoms with van der Waals surface area (Å²) in [4.78, 5) is 12.0. The van der Waals surface area contributed by atoms with Gasteiger partial charge in [0.15, 0.2) is 17.3 Å². The molecule has 3 rings (SSSR count). The van der Waals surface area contributed by atoms with Gasteiger partial charge in [0.05, 0.1) is 6.04 Å². The number of hydrogen-bond acceptors (Lipinski definition) is 5. The highest BCUT2D eigenvalue weighted by Gasteiger charge is 2.16. The van der Waals surface area contributed by atoms with Crippen molar-refractivity contribution in [2.24, 2.45) is 7.05 Å². The highest BCUT2D eigenvalue weighted by atomic mass is 16.7. The van der Waals surface area contributed by atoms with E-state index in [1.807, 2.05) is 14.0 Å². The summed E-state index contributed by atoms with van der Waals surface area (Å²) in [6.07, 6.45) is 1.59. The van der Waals surface area contributed by atoms with Crippen LogP contribution in [0.25, 0.3) is 0 Å². The molecule has 110 valence electrons. The zero-order chi connectivity index (χ0) is 14.8. The molecule has 0 unspecified atom stereocenters. The predicted molar refractivity (Wildman–Crippen MR) is 74.1 cm³/mol. The lowest BCUT2D eigenvalue weighted by Crippen LogP contribution is -2.32. The molecular weight excluding hydrogens is 274 g/mol. The predicted octanol–water partition coefficient (Wildman–Crippen LogP) is 1.43. The average molecular weight is 289 g/mol. The van der Waals surface area contributed by atoms with Crippen molar-refractivity contribution in [2.45, 2.75) is 13.0 Å². The molecule has 21 heavy (non-hydrogen) atoms. The van der Waals surface area contributed by atoms with Crippen LogP contribution < -0.4 is 20.1 Å². The van der Waals surface area contributed by atoms with E-state index < -0.39 is 0 Å². The molecule has 0 bridgehead atoms.